The average molecular weight is 268 g/mol. The van der Waals surface area contributed by atoms with Crippen LogP contribution in [0.4, 0.5) is 0 Å². The fourth-order valence-electron chi connectivity index (χ4n) is 0.928. The van der Waals surface area contributed by atoms with Crippen molar-refractivity contribution < 1.29 is 9.47 Å². The number of ether oxygens (including phenoxy) is 2. The Balaban J connectivity index is 2.83. The Bertz CT molecular complexity index is 117. The molecule has 0 heterocycles. The molecule has 4 N–H and O–H groups in total. The molecule has 0 aromatic carbocycles. The Labute approximate surface area is 107 Å². The minimum Gasteiger partial charge on any atom is -0.379 e. The maximum Gasteiger partial charge on any atom is 0.0589 e. The summed E-state index contributed by atoms with van der Waals surface area (Å²) in [7, 11) is 0. The molecule has 98 valence electrons. The van der Waals surface area contributed by atoms with Gasteiger partial charge in [-0.15, -0.1) is 0 Å². The van der Waals surface area contributed by atoms with Crippen molar-refractivity contribution in [2.75, 3.05) is 62.5 Å². The van der Waals surface area contributed by atoms with Gasteiger partial charge in [-0.3, -0.25) is 0 Å². The molecule has 6 heteroatoms. The monoisotopic (exact) mass is 268 g/mol. The lowest BCUT2D eigenvalue weighted by Gasteiger charge is -2.04. The normalized spacial score (nSPS) is 10.9. The molecule has 0 aromatic heterocycles. The molecule has 0 radical (unpaired) electrons. The summed E-state index contributed by atoms with van der Waals surface area (Å²) >= 11 is 3.85. The number of thioether (sulfide) groups is 2. The van der Waals surface area contributed by atoms with Crippen LogP contribution in [0.25, 0.3) is 0 Å². The number of hydrogen-bond acceptors (Lipinski definition) is 6. The molecule has 0 amide bonds. The first kappa shape index (κ1) is 16.5. The first-order chi connectivity index (χ1) is 7.91. The van der Waals surface area contributed by atoms with Crippen LogP contribution in [-0.2, 0) is 9.47 Å². The molecule has 0 saturated heterocycles. The van der Waals surface area contributed by atoms with Crippen molar-refractivity contribution in [3.8, 4) is 0 Å². The zero-order valence-corrected chi connectivity index (χ0v) is 11.5. The van der Waals surface area contributed by atoms with Crippen LogP contribution in [0, 0.1) is 0 Å². The fourth-order valence-corrected chi connectivity index (χ4v) is 2.75. The molecule has 0 aliphatic heterocycles. The van der Waals surface area contributed by atoms with E-state index in [0.717, 1.165) is 24.7 Å². The van der Waals surface area contributed by atoms with Crippen LogP contribution in [0.2, 0.25) is 0 Å². The maximum absolute atomic E-state index is 5.30. The van der Waals surface area contributed by atoms with Crippen LogP contribution in [0.1, 0.15) is 0 Å². The second-order valence-electron chi connectivity index (χ2n) is 3.03. The summed E-state index contributed by atoms with van der Waals surface area (Å²) in [5.74, 6) is 4.47. The zero-order chi connectivity index (χ0) is 11.9. The molecule has 0 aromatic rings. The number of hydrogen-bond donors (Lipinski definition) is 2. The average Bonchev–Trinajstić information content (AvgIpc) is 2.31. The van der Waals surface area contributed by atoms with Crippen molar-refractivity contribution in [2.45, 2.75) is 0 Å². The Morgan fingerprint density at radius 3 is 1.44 bits per heavy atom. The van der Waals surface area contributed by atoms with Crippen molar-refractivity contribution >= 4 is 23.5 Å². The highest BCUT2D eigenvalue weighted by Crippen LogP contribution is 2.06. The highest BCUT2D eigenvalue weighted by Gasteiger charge is 1.92. The van der Waals surface area contributed by atoms with E-state index in [1.54, 1.807) is 0 Å². The van der Waals surface area contributed by atoms with E-state index < -0.39 is 0 Å². The predicted molar refractivity (Wildman–Crippen MR) is 74.4 cm³/mol. The van der Waals surface area contributed by atoms with Gasteiger partial charge in [0.2, 0.25) is 0 Å². The van der Waals surface area contributed by atoms with E-state index in [1.165, 1.54) is 11.5 Å². The highest BCUT2D eigenvalue weighted by atomic mass is 32.2. The van der Waals surface area contributed by atoms with E-state index in [0.29, 0.717) is 26.3 Å². The Morgan fingerprint density at radius 2 is 1.06 bits per heavy atom. The third-order valence-electron chi connectivity index (χ3n) is 1.64. The van der Waals surface area contributed by atoms with Crippen molar-refractivity contribution in [1.82, 2.24) is 0 Å². The summed E-state index contributed by atoms with van der Waals surface area (Å²) in [5.41, 5.74) is 10.6. The van der Waals surface area contributed by atoms with Crippen LogP contribution < -0.4 is 11.5 Å². The molecule has 0 bridgehead atoms. The molecule has 0 unspecified atom stereocenters. The van der Waals surface area contributed by atoms with Crippen LogP contribution in [-0.4, -0.2) is 62.5 Å². The van der Waals surface area contributed by atoms with Gasteiger partial charge in [0.1, 0.15) is 0 Å². The van der Waals surface area contributed by atoms with Crippen molar-refractivity contribution in [3.63, 3.8) is 0 Å². The van der Waals surface area contributed by atoms with Gasteiger partial charge in [0.05, 0.1) is 26.4 Å². The molecule has 4 nitrogen and oxygen atoms in total. The van der Waals surface area contributed by atoms with E-state index in [-0.39, 0.29) is 0 Å². The van der Waals surface area contributed by atoms with Gasteiger partial charge in [0.15, 0.2) is 0 Å². The Morgan fingerprint density at radius 1 is 0.625 bits per heavy atom. The fraction of sp³-hybridized carbons (Fsp3) is 1.00. The smallest absolute Gasteiger partial charge is 0.0589 e. The molecular weight excluding hydrogens is 244 g/mol. The van der Waals surface area contributed by atoms with Gasteiger partial charge < -0.3 is 20.9 Å². The number of nitrogens with two attached hydrogens (primary N) is 2. The molecule has 0 atom stereocenters. The predicted octanol–water partition coefficient (Wildman–Crippen LogP) is 0.403. The lowest BCUT2D eigenvalue weighted by atomic mass is 10.7. The van der Waals surface area contributed by atoms with Crippen LogP contribution in [0.15, 0.2) is 0 Å². The minimum absolute atomic E-state index is 0.614. The van der Waals surface area contributed by atoms with Gasteiger partial charge in [-0.1, -0.05) is 0 Å². The van der Waals surface area contributed by atoms with E-state index in [4.69, 9.17) is 20.9 Å². The van der Waals surface area contributed by atoms with Gasteiger partial charge in [-0.05, 0) is 0 Å². The van der Waals surface area contributed by atoms with E-state index in [2.05, 4.69) is 0 Å². The van der Waals surface area contributed by atoms with Gasteiger partial charge in [0, 0.05) is 36.1 Å². The molecule has 0 spiro atoms. The second kappa shape index (κ2) is 15.5. The molecule has 0 fully saturated rings. The third kappa shape index (κ3) is 14.5. The van der Waals surface area contributed by atoms with E-state index in [9.17, 15) is 0 Å². The topological polar surface area (TPSA) is 70.5 Å². The maximum atomic E-state index is 5.30. The van der Waals surface area contributed by atoms with Gasteiger partial charge in [-0.2, -0.15) is 23.5 Å². The third-order valence-corrected chi connectivity index (χ3v) is 3.80. The molecule has 0 saturated carbocycles. The quantitative estimate of drug-likeness (QED) is 0.471. The summed E-state index contributed by atoms with van der Waals surface area (Å²) in [6.07, 6.45) is 0. The van der Waals surface area contributed by atoms with Crippen LogP contribution in [0.3, 0.4) is 0 Å². The van der Waals surface area contributed by atoms with Crippen molar-refractivity contribution in [3.05, 3.63) is 0 Å². The van der Waals surface area contributed by atoms with Crippen molar-refractivity contribution in [1.29, 1.82) is 0 Å². The SMILES string of the molecule is NCCOCCSCCSCCOCCN. The van der Waals surface area contributed by atoms with Crippen LogP contribution >= 0.6 is 23.5 Å². The van der Waals surface area contributed by atoms with Crippen molar-refractivity contribution in [2.24, 2.45) is 11.5 Å². The summed E-state index contributed by atoms with van der Waals surface area (Å²) in [6, 6.07) is 0. The highest BCUT2D eigenvalue weighted by molar-refractivity contribution is 8.02. The summed E-state index contributed by atoms with van der Waals surface area (Å²) in [5, 5.41) is 0. The summed E-state index contributed by atoms with van der Waals surface area (Å²) < 4.78 is 10.5. The van der Waals surface area contributed by atoms with E-state index in [1.807, 2.05) is 23.5 Å². The lowest BCUT2D eigenvalue weighted by Crippen LogP contribution is -2.10. The molecular formula is C10H24N2O2S2. The van der Waals surface area contributed by atoms with Crippen LogP contribution in [0.5, 0.6) is 0 Å². The summed E-state index contributed by atoms with van der Waals surface area (Å²) in [4.78, 5) is 0. The number of rotatable bonds is 13. The second-order valence-corrected chi connectivity index (χ2v) is 5.48. The molecule has 0 rings (SSSR count). The first-order valence-electron chi connectivity index (χ1n) is 5.63. The standard InChI is InChI=1S/C10H24N2O2S2/c11-1-3-13-5-7-15-9-10-16-8-6-14-4-2-12/h1-12H2. The summed E-state index contributed by atoms with van der Waals surface area (Å²) in [6.45, 7) is 4.20. The van der Waals surface area contributed by atoms with Gasteiger partial charge in [0.25, 0.3) is 0 Å². The largest absolute Gasteiger partial charge is 0.379 e. The molecule has 16 heavy (non-hydrogen) atoms. The minimum atomic E-state index is 0.614. The lowest BCUT2D eigenvalue weighted by molar-refractivity contribution is 0.158. The first-order valence-corrected chi connectivity index (χ1v) is 7.94. The van der Waals surface area contributed by atoms with E-state index >= 15 is 0 Å². The zero-order valence-electron chi connectivity index (χ0n) is 9.86. The van der Waals surface area contributed by atoms with Gasteiger partial charge in [-0.25, -0.2) is 0 Å². The Hall–Kier alpha value is 0.540. The Kier molecular flexibility index (Phi) is 16.1. The molecule has 0 aliphatic rings. The molecule has 0 aliphatic carbocycles. The van der Waals surface area contributed by atoms with Gasteiger partial charge >= 0.3 is 0 Å².